The maximum Gasteiger partial charge on any atom is 0.256 e. The summed E-state index contributed by atoms with van der Waals surface area (Å²) in [4.78, 5) is 34.0. The molecular formula is C24H19FN4O2. The van der Waals surface area contributed by atoms with Crippen molar-refractivity contribution in [1.82, 2.24) is 15.6 Å². The summed E-state index contributed by atoms with van der Waals surface area (Å²) >= 11 is 0. The maximum atomic E-state index is 13.1. The van der Waals surface area contributed by atoms with Crippen LogP contribution >= 0.6 is 0 Å². The summed E-state index contributed by atoms with van der Waals surface area (Å²) in [6.07, 6.45) is 5.24. The molecule has 0 spiro atoms. The van der Waals surface area contributed by atoms with Gasteiger partial charge >= 0.3 is 0 Å². The van der Waals surface area contributed by atoms with Crippen molar-refractivity contribution in [2.75, 3.05) is 0 Å². The Hall–Kier alpha value is -3.87. The zero-order valence-corrected chi connectivity index (χ0v) is 16.6. The van der Waals surface area contributed by atoms with E-state index < -0.39 is 5.82 Å². The monoisotopic (exact) mass is 414 g/mol. The molecule has 2 N–H and O–H groups in total. The number of aliphatic imine (C=N–C) groups is 1. The van der Waals surface area contributed by atoms with Crippen LogP contribution in [0.4, 0.5) is 4.39 Å². The number of nitrogens with one attached hydrogen (secondary N) is 2. The van der Waals surface area contributed by atoms with Crippen LogP contribution in [-0.2, 0) is 12.1 Å². The minimum absolute atomic E-state index is 0.180. The van der Waals surface area contributed by atoms with Crippen LogP contribution in [0.25, 0.3) is 0 Å². The van der Waals surface area contributed by atoms with Gasteiger partial charge in [0.1, 0.15) is 11.7 Å². The molecule has 1 aliphatic heterocycles. The molecule has 1 aromatic heterocycles. The average molecular weight is 414 g/mol. The molecule has 2 heterocycles. The number of carbonyl (C=O) groups is 2. The second-order valence-electron chi connectivity index (χ2n) is 7.78. The van der Waals surface area contributed by atoms with Crippen molar-refractivity contribution in [2.24, 2.45) is 4.99 Å². The van der Waals surface area contributed by atoms with Gasteiger partial charge in [-0.15, -0.1) is 0 Å². The molecule has 1 fully saturated rings. The number of fused-ring (bicyclic) bond motifs is 1. The maximum absolute atomic E-state index is 13.1. The number of rotatable bonds is 4. The van der Waals surface area contributed by atoms with Crippen molar-refractivity contribution in [3.8, 4) is 0 Å². The number of hydrogen-bond donors (Lipinski definition) is 2. The molecule has 0 saturated heterocycles. The van der Waals surface area contributed by atoms with E-state index in [-0.39, 0.29) is 17.4 Å². The average Bonchev–Trinajstić information content (AvgIpc) is 3.47. The smallest absolute Gasteiger partial charge is 0.256 e. The minimum Gasteiger partial charge on any atom is -0.342 e. The van der Waals surface area contributed by atoms with Crippen LogP contribution in [0.5, 0.6) is 0 Å². The Morgan fingerprint density at radius 3 is 2.45 bits per heavy atom. The van der Waals surface area contributed by atoms with Gasteiger partial charge in [0.05, 0.1) is 12.1 Å². The Kier molecular flexibility index (Phi) is 4.58. The number of pyridine rings is 1. The molecule has 0 unspecified atom stereocenters. The third kappa shape index (κ3) is 3.70. The van der Waals surface area contributed by atoms with Crippen molar-refractivity contribution in [2.45, 2.75) is 24.9 Å². The first-order valence-corrected chi connectivity index (χ1v) is 10.0. The Morgan fingerprint density at radius 2 is 1.74 bits per heavy atom. The molecule has 7 heteroatoms. The lowest BCUT2D eigenvalue weighted by Gasteiger charge is -2.18. The quantitative estimate of drug-likeness (QED) is 0.687. The zero-order chi connectivity index (χ0) is 21.4. The van der Waals surface area contributed by atoms with Crippen molar-refractivity contribution < 1.29 is 14.0 Å². The third-order valence-corrected chi connectivity index (χ3v) is 5.69. The van der Waals surface area contributed by atoms with E-state index in [0.29, 0.717) is 29.1 Å². The normalized spacial score (nSPS) is 15.6. The number of nitrogens with zero attached hydrogens (tertiary/aromatic N) is 2. The van der Waals surface area contributed by atoms with Crippen LogP contribution in [0.1, 0.15) is 50.2 Å². The molecule has 31 heavy (non-hydrogen) atoms. The molecular weight excluding hydrogens is 395 g/mol. The van der Waals surface area contributed by atoms with Gasteiger partial charge in [0.25, 0.3) is 11.8 Å². The van der Waals surface area contributed by atoms with Crippen LogP contribution in [0.2, 0.25) is 0 Å². The van der Waals surface area contributed by atoms with E-state index in [4.69, 9.17) is 0 Å². The van der Waals surface area contributed by atoms with E-state index in [1.54, 1.807) is 24.5 Å². The van der Waals surface area contributed by atoms with E-state index in [2.05, 4.69) is 20.6 Å². The lowest BCUT2D eigenvalue weighted by Crippen LogP contribution is -2.35. The molecule has 154 valence electrons. The van der Waals surface area contributed by atoms with Gasteiger partial charge < -0.3 is 10.6 Å². The molecule has 1 saturated carbocycles. The largest absolute Gasteiger partial charge is 0.342 e. The topological polar surface area (TPSA) is 83.5 Å². The van der Waals surface area contributed by atoms with Gasteiger partial charge in [-0.1, -0.05) is 12.1 Å². The molecule has 0 atom stereocenters. The van der Waals surface area contributed by atoms with Crippen LogP contribution < -0.4 is 10.6 Å². The van der Waals surface area contributed by atoms with Gasteiger partial charge in [-0.3, -0.25) is 19.6 Å². The fourth-order valence-corrected chi connectivity index (χ4v) is 3.76. The fourth-order valence-electron chi connectivity index (χ4n) is 3.76. The highest BCUT2D eigenvalue weighted by atomic mass is 19.1. The Balaban J connectivity index is 1.33. The Labute approximate surface area is 178 Å². The number of amidine groups is 1. The summed E-state index contributed by atoms with van der Waals surface area (Å²) in [7, 11) is 0. The fraction of sp³-hybridized carbons (Fsp3) is 0.167. The van der Waals surface area contributed by atoms with E-state index in [0.717, 1.165) is 24.0 Å². The van der Waals surface area contributed by atoms with Crippen LogP contribution in [-0.4, -0.2) is 22.6 Å². The van der Waals surface area contributed by atoms with Crippen LogP contribution in [0.3, 0.4) is 0 Å². The van der Waals surface area contributed by atoms with Crippen molar-refractivity contribution in [3.63, 3.8) is 0 Å². The van der Waals surface area contributed by atoms with Gasteiger partial charge in [-0.25, -0.2) is 4.39 Å². The zero-order valence-electron chi connectivity index (χ0n) is 16.6. The summed E-state index contributed by atoms with van der Waals surface area (Å²) in [5, 5.41) is 5.91. The van der Waals surface area contributed by atoms with E-state index in [1.807, 2.05) is 18.2 Å². The second kappa shape index (κ2) is 7.43. The third-order valence-electron chi connectivity index (χ3n) is 5.69. The molecule has 2 aliphatic rings. The Bertz CT molecular complexity index is 1200. The van der Waals surface area contributed by atoms with Gasteiger partial charge in [0.2, 0.25) is 0 Å². The van der Waals surface area contributed by atoms with Crippen LogP contribution in [0.15, 0.2) is 72.0 Å². The van der Waals surface area contributed by atoms with Gasteiger partial charge in [-0.05, 0) is 66.4 Å². The summed E-state index contributed by atoms with van der Waals surface area (Å²) in [6.45, 7) is 0.426. The van der Waals surface area contributed by atoms with Gasteiger partial charge in [0, 0.05) is 29.1 Å². The van der Waals surface area contributed by atoms with E-state index in [1.165, 1.54) is 24.3 Å². The lowest BCUT2D eigenvalue weighted by molar-refractivity contribution is 0.0929. The van der Waals surface area contributed by atoms with Gasteiger partial charge in [-0.2, -0.15) is 0 Å². The van der Waals surface area contributed by atoms with Gasteiger partial charge in [0.15, 0.2) is 0 Å². The summed E-state index contributed by atoms with van der Waals surface area (Å²) in [5.74, 6) is -0.557. The summed E-state index contributed by atoms with van der Waals surface area (Å²) in [6, 6.07) is 14.5. The minimum atomic E-state index is -0.407. The number of benzene rings is 2. The van der Waals surface area contributed by atoms with Crippen molar-refractivity contribution >= 4 is 17.6 Å². The first-order valence-electron chi connectivity index (χ1n) is 10.0. The number of amides is 2. The highest BCUT2D eigenvalue weighted by Gasteiger charge is 2.46. The first-order chi connectivity index (χ1) is 15.0. The molecule has 5 rings (SSSR count). The lowest BCUT2D eigenvalue weighted by atomic mass is 10.0. The molecule has 3 aromatic rings. The van der Waals surface area contributed by atoms with E-state index >= 15 is 0 Å². The SMILES string of the molecule is O=C(NC1=NCc2ccc(C(=O)NC3(c4cccnc4)CC3)cc21)c1ccc(F)cc1. The summed E-state index contributed by atoms with van der Waals surface area (Å²) in [5.41, 5.74) is 3.11. The standard InChI is InChI=1S/C24H19FN4O2/c25-19-7-5-15(6-8-19)22(30)28-21-20-12-16(3-4-17(20)13-27-21)23(31)29-24(9-10-24)18-2-1-11-26-14-18/h1-8,11-12,14H,9-10,13H2,(H,29,31)(H,27,28,30). The predicted molar refractivity (Wildman–Crippen MR) is 113 cm³/mol. The highest BCUT2D eigenvalue weighted by molar-refractivity contribution is 6.14. The second-order valence-corrected chi connectivity index (χ2v) is 7.78. The van der Waals surface area contributed by atoms with Crippen LogP contribution in [0, 0.1) is 5.82 Å². The number of carbonyl (C=O) groups excluding carboxylic acids is 2. The van der Waals surface area contributed by atoms with Crippen molar-refractivity contribution in [3.05, 3.63) is 101 Å². The number of hydrogen-bond acceptors (Lipinski definition) is 4. The molecule has 2 amide bonds. The number of aromatic nitrogens is 1. The molecule has 2 aromatic carbocycles. The molecule has 1 aliphatic carbocycles. The number of halogens is 1. The Morgan fingerprint density at radius 1 is 0.968 bits per heavy atom. The van der Waals surface area contributed by atoms with E-state index in [9.17, 15) is 14.0 Å². The highest BCUT2D eigenvalue weighted by Crippen LogP contribution is 2.45. The molecule has 0 bridgehead atoms. The molecule has 0 radical (unpaired) electrons. The summed E-state index contributed by atoms with van der Waals surface area (Å²) < 4.78 is 13.1. The molecule has 6 nitrogen and oxygen atoms in total. The van der Waals surface area contributed by atoms with Crippen molar-refractivity contribution in [1.29, 1.82) is 0 Å². The predicted octanol–water partition coefficient (Wildman–Crippen LogP) is 3.33. The first kappa shape index (κ1) is 19.1.